The number of thioether (sulfide) groups is 1. The van der Waals surface area contributed by atoms with Gasteiger partial charge in [0.15, 0.2) is 5.82 Å². The van der Waals surface area contributed by atoms with Crippen LogP contribution in [0.15, 0.2) is 24.3 Å². The van der Waals surface area contributed by atoms with Gasteiger partial charge in [-0.2, -0.15) is 16.9 Å². The number of nitrogens with zero attached hydrogens (tertiary/aromatic N) is 2. The zero-order chi connectivity index (χ0) is 12.4. The zero-order valence-electron chi connectivity index (χ0n) is 10.5. The first-order valence-electron chi connectivity index (χ1n) is 6.42. The Balaban J connectivity index is 1.85. The number of nitrogens with one attached hydrogen (secondary N) is 1. The van der Waals surface area contributed by atoms with Gasteiger partial charge in [0.05, 0.1) is 5.69 Å². The van der Waals surface area contributed by atoms with Crippen LogP contribution in [0.25, 0.3) is 10.8 Å². The molecule has 3 nitrogen and oxygen atoms in total. The monoisotopic (exact) mass is 259 g/mol. The van der Waals surface area contributed by atoms with Crippen molar-refractivity contribution in [3.8, 4) is 0 Å². The summed E-state index contributed by atoms with van der Waals surface area (Å²) in [5.74, 6) is 2.22. The van der Waals surface area contributed by atoms with Gasteiger partial charge in [-0.3, -0.25) is 0 Å². The van der Waals surface area contributed by atoms with Crippen LogP contribution in [0.3, 0.4) is 0 Å². The van der Waals surface area contributed by atoms with Gasteiger partial charge in [0.1, 0.15) is 0 Å². The summed E-state index contributed by atoms with van der Waals surface area (Å²) in [6, 6.07) is 8.32. The van der Waals surface area contributed by atoms with Crippen LogP contribution in [0, 0.1) is 6.92 Å². The van der Waals surface area contributed by atoms with Crippen molar-refractivity contribution in [3.63, 3.8) is 0 Å². The van der Waals surface area contributed by atoms with Gasteiger partial charge in [-0.15, -0.1) is 5.10 Å². The first-order chi connectivity index (χ1) is 8.84. The number of benzene rings is 1. The Bertz CT molecular complexity index is 550. The van der Waals surface area contributed by atoms with E-state index in [0.29, 0.717) is 0 Å². The minimum atomic E-state index is 0.729. The smallest absolute Gasteiger partial charge is 0.156 e. The summed E-state index contributed by atoms with van der Waals surface area (Å²) >= 11 is 2.06. The number of aromatic nitrogens is 2. The number of hydrogen-bond acceptors (Lipinski definition) is 4. The molecule has 94 valence electrons. The molecule has 0 amide bonds. The molecule has 0 bridgehead atoms. The van der Waals surface area contributed by atoms with Crippen LogP contribution in [-0.2, 0) is 0 Å². The van der Waals surface area contributed by atoms with Gasteiger partial charge in [-0.1, -0.05) is 24.3 Å². The van der Waals surface area contributed by atoms with Crippen molar-refractivity contribution in [3.05, 3.63) is 30.0 Å². The van der Waals surface area contributed by atoms with E-state index in [1.54, 1.807) is 0 Å². The zero-order valence-corrected chi connectivity index (χ0v) is 11.3. The van der Waals surface area contributed by atoms with E-state index in [-0.39, 0.29) is 0 Å². The lowest BCUT2D eigenvalue weighted by atomic mass is 10.1. The molecule has 2 aromatic rings. The van der Waals surface area contributed by atoms with Crippen molar-refractivity contribution in [1.82, 2.24) is 10.2 Å². The number of anilines is 1. The van der Waals surface area contributed by atoms with Crippen molar-refractivity contribution >= 4 is 28.4 Å². The predicted octanol–water partition coefficient (Wildman–Crippen LogP) is 3.25. The molecular weight excluding hydrogens is 242 g/mol. The number of hydrogen-bond donors (Lipinski definition) is 1. The average molecular weight is 259 g/mol. The van der Waals surface area contributed by atoms with Gasteiger partial charge >= 0.3 is 0 Å². The Morgan fingerprint density at radius 3 is 2.89 bits per heavy atom. The Morgan fingerprint density at radius 2 is 2.11 bits per heavy atom. The second kappa shape index (κ2) is 5.14. The molecule has 2 heterocycles. The molecule has 1 aromatic carbocycles. The topological polar surface area (TPSA) is 37.8 Å². The Morgan fingerprint density at radius 1 is 1.28 bits per heavy atom. The van der Waals surface area contributed by atoms with Crippen molar-refractivity contribution in [2.75, 3.05) is 17.6 Å². The Labute approximate surface area is 111 Å². The highest BCUT2D eigenvalue weighted by molar-refractivity contribution is 8.00. The van der Waals surface area contributed by atoms with Gasteiger partial charge in [0, 0.05) is 22.6 Å². The average Bonchev–Trinajstić information content (AvgIpc) is 2.92. The molecule has 1 fully saturated rings. The highest BCUT2D eigenvalue weighted by atomic mass is 32.2. The van der Waals surface area contributed by atoms with Gasteiger partial charge in [0.2, 0.25) is 0 Å². The second-order valence-corrected chi connectivity index (χ2v) is 6.10. The summed E-state index contributed by atoms with van der Waals surface area (Å²) in [7, 11) is 0. The van der Waals surface area contributed by atoms with Crippen LogP contribution in [0.2, 0.25) is 0 Å². The SMILES string of the molecule is Cc1nnc(NCC2CCCS2)c2ccccc12. The van der Waals surface area contributed by atoms with E-state index in [0.717, 1.165) is 23.3 Å². The summed E-state index contributed by atoms with van der Waals surface area (Å²) in [4.78, 5) is 0. The van der Waals surface area contributed by atoms with Crippen molar-refractivity contribution in [1.29, 1.82) is 0 Å². The predicted molar refractivity (Wildman–Crippen MR) is 78.2 cm³/mol. The largest absolute Gasteiger partial charge is 0.367 e. The molecule has 3 rings (SSSR count). The summed E-state index contributed by atoms with van der Waals surface area (Å²) in [5.41, 5.74) is 0.992. The van der Waals surface area contributed by atoms with Gasteiger partial charge in [-0.05, 0) is 25.5 Å². The Kier molecular flexibility index (Phi) is 3.37. The van der Waals surface area contributed by atoms with Crippen LogP contribution in [0.5, 0.6) is 0 Å². The molecule has 1 aliphatic heterocycles. The fourth-order valence-corrected chi connectivity index (χ4v) is 3.59. The van der Waals surface area contributed by atoms with E-state index < -0.39 is 0 Å². The van der Waals surface area contributed by atoms with E-state index in [1.807, 2.05) is 13.0 Å². The summed E-state index contributed by atoms with van der Waals surface area (Å²) in [6.45, 7) is 3.00. The molecule has 0 aliphatic carbocycles. The molecule has 0 saturated carbocycles. The van der Waals surface area contributed by atoms with Crippen LogP contribution < -0.4 is 5.32 Å². The third-order valence-corrected chi connectivity index (χ3v) is 4.79. The normalized spacial score (nSPS) is 19.3. The third kappa shape index (κ3) is 2.29. The first-order valence-corrected chi connectivity index (χ1v) is 7.47. The molecule has 1 unspecified atom stereocenters. The first kappa shape index (κ1) is 11.8. The summed E-state index contributed by atoms with van der Waals surface area (Å²) in [5, 5.41) is 15.1. The van der Waals surface area contributed by atoms with E-state index in [9.17, 15) is 0 Å². The molecule has 0 spiro atoms. The number of aryl methyl sites for hydroxylation is 1. The standard InChI is InChI=1S/C14H17N3S/c1-10-12-6-2-3-7-13(12)14(17-16-10)15-9-11-5-4-8-18-11/h2-3,6-7,11H,4-5,8-9H2,1H3,(H,15,17). The molecule has 0 radical (unpaired) electrons. The molecular formula is C14H17N3S. The molecule has 4 heteroatoms. The minimum Gasteiger partial charge on any atom is -0.367 e. The maximum atomic E-state index is 4.30. The van der Waals surface area contributed by atoms with E-state index in [1.165, 1.54) is 29.4 Å². The van der Waals surface area contributed by atoms with Gasteiger partial charge < -0.3 is 5.32 Å². The lowest BCUT2D eigenvalue weighted by Crippen LogP contribution is -2.15. The van der Waals surface area contributed by atoms with Crippen LogP contribution in [0.1, 0.15) is 18.5 Å². The van der Waals surface area contributed by atoms with Crippen LogP contribution >= 0.6 is 11.8 Å². The molecule has 1 atom stereocenters. The fourth-order valence-electron chi connectivity index (χ4n) is 2.38. The van der Waals surface area contributed by atoms with E-state index in [2.05, 4.69) is 45.5 Å². The van der Waals surface area contributed by atoms with Crippen LogP contribution in [0.4, 0.5) is 5.82 Å². The maximum Gasteiger partial charge on any atom is 0.156 e. The molecule has 1 aliphatic rings. The summed E-state index contributed by atoms with van der Waals surface area (Å²) in [6.07, 6.45) is 2.66. The van der Waals surface area contributed by atoms with Crippen molar-refractivity contribution in [2.24, 2.45) is 0 Å². The highest BCUT2D eigenvalue weighted by Crippen LogP contribution is 2.27. The highest BCUT2D eigenvalue weighted by Gasteiger charge is 2.16. The molecule has 1 aromatic heterocycles. The van der Waals surface area contributed by atoms with Gasteiger partial charge in [-0.25, -0.2) is 0 Å². The second-order valence-electron chi connectivity index (χ2n) is 4.70. The number of fused-ring (bicyclic) bond motifs is 1. The fraction of sp³-hybridized carbons (Fsp3) is 0.429. The van der Waals surface area contributed by atoms with Crippen LogP contribution in [-0.4, -0.2) is 27.7 Å². The molecule has 1 N–H and O–H groups in total. The molecule has 1 saturated heterocycles. The Hall–Kier alpha value is -1.29. The van der Waals surface area contributed by atoms with Gasteiger partial charge in [0.25, 0.3) is 0 Å². The quantitative estimate of drug-likeness (QED) is 0.918. The van der Waals surface area contributed by atoms with Crippen molar-refractivity contribution in [2.45, 2.75) is 25.0 Å². The maximum absolute atomic E-state index is 4.30. The minimum absolute atomic E-state index is 0.729. The lowest BCUT2D eigenvalue weighted by molar-refractivity contribution is 0.801. The molecule has 18 heavy (non-hydrogen) atoms. The third-order valence-electron chi connectivity index (χ3n) is 3.39. The van der Waals surface area contributed by atoms with Crippen molar-refractivity contribution < 1.29 is 0 Å². The van der Waals surface area contributed by atoms with E-state index in [4.69, 9.17) is 0 Å². The van der Waals surface area contributed by atoms with E-state index >= 15 is 0 Å². The number of rotatable bonds is 3. The lowest BCUT2D eigenvalue weighted by Gasteiger charge is -2.12. The summed E-state index contributed by atoms with van der Waals surface area (Å²) < 4.78 is 0.